The minimum atomic E-state index is -0.365. The minimum Gasteiger partial charge on any atom is -0.334 e. The molecule has 2 saturated carbocycles. The van der Waals surface area contributed by atoms with E-state index in [4.69, 9.17) is 0 Å². The molecule has 1 aromatic heterocycles. The molecule has 6 rings (SSSR count). The van der Waals surface area contributed by atoms with Crippen molar-refractivity contribution in [1.82, 2.24) is 15.4 Å². The Bertz CT molecular complexity index is 1330. The molecule has 7 nitrogen and oxygen atoms in total. The van der Waals surface area contributed by atoms with Gasteiger partial charge in [0.15, 0.2) is 0 Å². The van der Waals surface area contributed by atoms with Crippen LogP contribution in [0.25, 0.3) is 0 Å². The number of amides is 3. The summed E-state index contributed by atoms with van der Waals surface area (Å²) < 4.78 is 1.93. The average Bonchev–Trinajstić information content (AvgIpc) is 3.75. The molecule has 2 aromatic carbocycles. The van der Waals surface area contributed by atoms with Crippen LogP contribution in [-0.4, -0.2) is 22.3 Å². The van der Waals surface area contributed by atoms with Crippen LogP contribution in [0.1, 0.15) is 88.5 Å². The van der Waals surface area contributed by atoms with E-state index < -0.39 is 0 Å². The normalized spacial score (nSPS) is 17.4. The molecule has 2 aliphatic carbocycles. The molecule has 3 aromatic rings. The highest BCUT2D eigenvalue weighted by Crippen LogP contribution is 2.34. The van der Waals surface area contributed by atoms with Crippen LogP contribution in [0.2, 0.25) is 0 Å². The van der Waals surface area contributed by atoms with Crippen LogP contribution in [0.4, 0.5) is 5.69 Å². The monoisotopic (exact) mass is 496 g/mol. The summed E-state index contributed by atoms with van der Waals surface area (Å²) in [5.41, 5.74) is 10.2. The van der Waals surface area contributed by atoms with Crippen LogP contribution >= 0.6 is 0 Å². The maximum atomic E-state index is 13.8. The Morgan fingerprint density at radius 3 is 2.27 bits per heavy atom. The summed E-state index contributed by atoms with van der Waals surface area (Å²) in [5.74, 6) is 0.0371. The van der Waals surface area contributed by atoms with Gasteiger partial charge in [-0.2, -0.15) is 0 Å². The number of hydrogen-bond donors (Lipinski definition) is 2. The van der Waals surface area contributed by atoms with Crippen molar-refractivity contribution in [3.8, 4) is 0 Å². The first kappa shape index (κ1) is 23.5. The predicted octanol–water partition coefficient (Wildman–Crippen LogP) is 4.92. The lowest BCUT2D eigenvalue weighted by molar-refractivity contribution is -0.123. The quantitative estimate of drug-likeness (QED) is 0.503. The van der Waals surface area contributed by atoms with Crippen molar-refractivity contribution in [3.05, 3.63) is 88.7 Å². The smallest absolute Gasteiger partial charge is 0.286 e. The predicted molar refractivity (Wildman–Crippen MR) is 141 cm³/mol. The first-order valence-electron chi connectivity index (χ1n) is 13.4. The van der Waals surface area contributed by atoms with E-state index in [1.54, 1.807) is 11.0 Å². The molecular weight excluding hydrogens is 464 g/mol. The van der Waals surface area contributed by atoms with E-state index in [-0.39, 0.29) is 23.6 Å². The number of anilines is 1. The maximum absolute atomic E-state index is 13.8. The number of hydrazine groups is 1. The molecule has 0 radical (unpaired) electrons. The Labute approximate surface area is 216 Å². The lowest BCUT2D eigenvalue weighted by Gasteiger charge is -2.24. The van der Waals surface area contributed by atoms with Gasteiger partial charge >= 0.3 is 0 Å². The fourth-order valence-corrected chi connectivity index (χ4v) is 5.66. The van der Waals surface area contributed by atoms with Gasteiger partial charge in [-0.1, -0.05) is 49.6 Å². The molecule has 2 heterocycles. The van der Waals surface area contributed by atoms with Crippen LogP contribution in [-0.2, 0) is 17.9 Å². The first-order chi connectivity index (χ1) is 18.1. The molecule has 0 spiro atoms. The lowest BCUT2D eigenvalue weighted by atomic mass is 9.84. The van der Waals surface area contributed by atoms with E-state index in [0.717, 1.165) is 29.8 Å². The second kappa shape index (κ2) is 9.88. The Morgan fingerprint density at radius 1 is 0.757 bits per heavy atom. The summed E-state index contributed by atoms with van der Waals surface area (Å²) in [5, 5.41) is 0. The summed E-state index contributed by atoms with van der Waals surface area (Å²) in [6.45, 7) is 0.810. The van der Waals surface area contributed by atoms with Gasteiger partial charge in [-0.25, -0.2) is 0 Å². The second-order valence-electron chi connectivity index (χ2n) is 10.5. The van der Waals surface area contributed by atoms with Crippen LogP contribution < -0.4 is 15.8 Å². The van der Waals surface area contributed by atoms with Crippen molar-refractivity contribution in [2.45, 2.75) is 64.0 Å². The second-order valence-corrected chi connectivity index (χ2v) is 10.5. The molecule has 37 heavy (non-hydrogen) atoms. The third-order valence-electron chi connectivity index (χ3n) is 7.96. The number of para-hydroxylation sites is 1. The molecule has 2 fully saturated rings. The Balaban J connectivity index is 1.25. The zero-order valence-electron chi connectivity index (χ0n) is 20.9. The van der Waals surface area contributed by atoms with Crippen molar-refractivity contribution in [2.24, 2.45) is 5.92 Å². The molecule has 3 amide bonds. The van der Waals surface area contributed by atoms with Gasteiger partial charge in [-0.3, -0.25) is 25.2 Å². The van der Waals surface area contributed by atoms with Gasteiger partial charge < -0.3 is 9.47 Å². The zero-order chi connectivity index (χ0) is 25.4. The minimum absolute atomic E-state index is 0.00732. The number of rotatable bonds is 4. The number of carbonyl (C=O) groups is 3. The van der Waals surface area contributed by atoms with E-state index in [1.165, 1.54) is 37.7 Å². The fourth-order valence-electron chi connectivity index (χ4n) is 5.66. The number of fused-ring (bicyclic) bond motifs is 2. The van der Waals surface area contributed by atoms with Crippen LogP contribution in [0.15, 0.2) is 60.7 Å². The van der Waals surface area contributed by atoms with Crippen LogP contribution in [0.3, 0.4) is 0 Å². The number of carbonyl (C=O) groups excluding carboxylic acids is 3. The molecule has 0 atom stereocenters. The first-order valence-corrected chi connectivity index (χ1v) is 13.4. The van der Waals surface area contributed by atoms with Gasteiger partial charge in [0.1, 0.15) is 5.69 Å². The number of nitrogens with one attached hydrogen (secondary N) is 2. The number of aromatic nitrogens is 1. The largest absolute Gasteiger partial charge is 0.334 e. The third-order valence-corrected chi connectivity index (χ3v) is 7.96. The van der Waals surface area contributed by atoms with Crippen molar-refractivity contribution in [3.63, 3.8) is 0 Å². The fraction of sp³-hybridized carbons (Fsp3) is 0.367. The number of hydrogen-bond acceptors (Lipinski definition) is 3. The van der Waals surface area contributed by atoms with Gasteiger partial charge in [-0.05, 0) is 73.1 Å². The van der Waals surface area contributed by atoms with Gasteiger partial charge in [0.25, 0.3) is 11.8 Å². The van der Waals surface area contributed by atoms with Crippen molar-refractivity contribution < 1.29 is 14.4 Å². The van der Waals surface area contributed by atoms with E-state index in [1.807, 2.05) is 47.0 Å². The standard InChI is InChI=1S/C30H32N4O3/c35-28(22-12-13-22)31-32-29(36)27-17-16-25-19-34(26-9-5-4-8-24(26)18-33(25)27)30(37)23-14-10-21(11-15-23)20-6-2-1-3-7-20/h4-5,8-11,14-17,20,22H,1-3,6-7,12-13,18-19H2,(H,31,35)(H,32,36). The molecular formula is C30H32N4O3. The van der Waals surface area contributed by atoms with Gasteiger partial charge in [0.05, 0.1) is 13.1 Å². The highest BCUT2D eigenvalue weighted by Gasteiger charge is 2.31. The van der Waals surface area contributed by atoms with Crippen molar-refractivity contribution in [1.29, 1.82) is 0 Å². The summed E-state index contributed by atoms with van der Waals surface area (Å²) in [6, 6.07) is 19.6. The van der Waals surface area contributed by atoms with E-state index in [2.05, 4.69) is 23.0 Å². The summed E-state index contributed by atoms with van der Waals surface area (Å²) in [6.07, 6.45) is 8.07. The van der Waals surface area contributed by atoms with Crippen LogP contribution in [0, 0.1) is 5.92 Å². The highest BCUT2D eigenvalue weighted by molar-refractivity contribution is 6.06. The molecule has 2 N–H and O–H groups in total. The molecule has 7 heteroatoms. The summed E-state index contributed by atoms with van der Waals surface area (Å²) >= 11 is 0. The van der Waals surface area contributed by atoms with E-state index in [9.17, 15) is 14.4 Å². The molecule has 0 bridgehead atoms. The number of benzene rings is 2. The average molecular weight is 497 g/mol. The molecule has 190 valence electrons. The maximum Gasteiger partial charge on any atom is 0.286 e. The Hall–Kier alpha value is -3.87. The zero-order valence-corrected chi connectivity index (χ0v) is 20.9. The van der Waals surface area contributed by atoms with Crippen LogP contribution in [0.5, 0.6) is 0 Å². The summed E-state index contributed by atoms with van der Waals surface area (Å²) in [4.78, 5) is 40.5. The SMILES string of the molecule is O=C(NNC(=O)C1CC1)c1ccc2n1Cc1ccccc1N(C(=O)c1ccc(C3CCCCC3)cc1)C2. The van der Waals surface area contributed by atoms with Gasteiger partial charge in [-0.15, -0.1) is 0 Å². The van der Waals surface area contributed by atoms with Gasteiger partial charge in [0, 0.05) is 22.9 Å². The highest BCUT2D eigenvalue weighted by atomic mass is 16.2. The molecule has 1 aliphatic heterocycles. The Kier molecular flexibility index (Phi) is 6.28. The lowest BCUT2D eigenvalue weighted by Crippen LogP contribution is -2.43. The molecule has 0 saturated heterocycles. The van der Waals surface area contributed by atoms with Gasteiger partial charge in [0.2, 0.25) is 5.91 Å². The summed E-state index contributed by atoms with van der Waals surface area (Å²) in [7, 11) is 0. The third kappa shape index (κ3) is 4.78. The topological polar surface area (TPSA) is 83.4 Å². The van der Waals surface area contributed by atoms with E-state index >= 15 is 0 Å². The van der Waals surface area contributed by atoms with E-state index in [0.29, 0.717) is 30.3 Å². The molecule has 0 unspecified atom stereocenters. The molecule has 3 aliphatic rings. The van der Waals surface area contributed by atoms with Crippen molar-refractivity contribution in [2.75, 3.05) is 4.90 Å². The van der Waals surface area contributed by atoms with Crippen molar-refractivity contribution >= 4 is 23.4 Å². The number of nitrogens with zero attached hydrogens (tertiary/aromatic N) is 2. The Morgan fingerprint density at radius 2 is 1.51 bits per heavy atom.